The number of carbonyl (C=O) groups excluding carboxylic acids is 1. The topological polar surface area (TPSA) is 166 Å². The second kappa shape index (κ2) is 10.8. The molecular weight excluding hydrogens is 466 g/mol. The molecule has 1 saturated heterocycles. The molecule has 1 aromatic carbocycles. The Labute approximate surface area is 198 Å². The van der Waals surface area contributed by atoms with Gasteiger partial charge in [-0.2, -0.15) is 4.68 Å². The number of ether oxygens (including phenoxy) is 2. The van der Waals surface area contributed by atoms with Crippen molar-refractivity contribution in [1.29, 1.82) is 0 Å². The van der Waals surface area contributed by atoms with Crippen LogP contribution in [0.5, 0.6) is 0 Å². The fourth-order valence-electron chi connectivity index (χ4n) is 3.69. The largest absolute Gasteiger partial charge is 0.444 e. The molecule has 12 nitrogen and oxygen atoms in total. The third kappa shape index (κ3) is 6.95. The molecule has 1 aromatic heterocycles. The van der Waals surface area contributed by atoms with E-state index in [0.717, 1.165) is 4.68 Å². The van der Waals surface area contributed by atoms with E-state index in [1.54, 1.807) is 51.1 Å². The number of aromatic nitrogens is 4. The number of nitrogens with zero attached hydrogens (tertiary/aromatic N) is 4. The van der Waals surface area contributed by atoms with Crippen LogP contribution in [0.2, 0.25) is 0 Å². The Morgan fingerprint density at radius 2 is 2.00 bits per heavy atom. The fraction of sp³-hybridized carbons (Fsp3) is 0.619. The van der Waals surface area contributed by atoms with E-state index >= 15 is 0 Å². The maximum Gasteiger partial charge on any atom is 0.407 e. The van der Waals surface area contributed by atoms with E-state index in [0.29, 0.717) is 18.5 Å². The van der Waals surface area contributed by atoms with E-state index in [1.165, 1.54) is 0 Å². The predicted octanol–water partition coefficient (Wildman–Crippen LogP) is 0.620. The van der Waals surface area contributed by atoms with Crippen molar-refractivity contribution < 1.29 is 32.9 Å². The number of rotatable bonds is 8. The molecule has 2 aromatic rings. The highest BCUT2D eigenvalue weighted by atomic mass is 32.2. The van der Waals surface area contributed by atoms with Crippen molar-refractivity contribution in [2.75, 3.05) is 12.4 Å². The molecule has 1 fully saturated rings. The normalized spacial score (nSPS) is 22.2. The lowest BCUT2D eigenvalue weighted by Gasteiger charge is -2.37. The minimum Gasteiger partial charge on any atom is -0.444 e. The molecule has 0 aliphatic carbocycles. The molecule has 3 rings (SSSR count). The number of amides is 1. The van der Waals surface area contributed by atoms with Crippen LogP contribution in [0.1, 0.15) is 40.0 Å². The molecule has 0 bridgehead atoms. The lowest BCUT2D eigenvalue weighted by atomic mass is 9.95. The maximum atomic E-state index is 13.1. The van der Waals surface area contributed by atoms with Gasteiger partial charge in [0, 0.05) is 6.42 Å². The second-order valence-corrected chi connectivity index (χ2v) is 11.1. The van der Waals surface area contributed by atoms with Crippen LogP contribution < -0.4 is 5.32 Å². The molecule has 13 heteroatoms. The first-order valence-electron chi connectivity index (χ1n) is 11.0. The highest BCUT2D eigenvalue weighted by Crippen LogP contribution is 2.26. The van der Waals surface area contributed by atoms with E-state index in [2.05, 4.69) is 20.8 Å². The third-order valence-electron chi connectivity index (χ3n) is 5.16. The number of aliphatic hydroxyl groups is 2. The summed E-state index contributed by atoms with van der Waals surface area (Å²) in [5.41, 5.74) is -0.194. The van der Waals surface area contributed by atoms with Gasteiger partial charge in [-0.1, -0.05) is 23.3 Å². The van der Waals surface area contributed by atoms with Crippen LogP contribution in [0.4, 0.5) is 4.79 Å². The fourth-order valence-corrected chi connectivity index (χ4v) is 5.14. The summed E-state index contributed by atoms with van der Waals surface area (Å²) >= 11 is 0. The molecule has 1 aliphatic heterocycles. The van der Waals surface area contributed by atoms with Gasteiger partial charge in [0.1, 0.15) is 5.60 Å². The SMILES string of the molecule is CC(C)(C)OC(=O)N[C@@H]1CC[C@@H](CS(=O)(=O)c2nnnn2-c2ccccc2)O[C@@H]1CC(O)CO. The van der Waals surface area contributed by atoms with Gasteiger partial charge in [-0.3, -0.25) is 0 Å². The van der Waals surface area contributed by atoms with Crippen LogP contribution in [-0.4, -0.2) is 87.2 Å². The summed E-state index contributed by atoms with van der Waals surface area (Å²) in [6.45, 7) is 4.72. The second-order valence-electron chi connectivity index (χ2n) is 9.19. The minimum absolute atomic E-state index is 0.00919. The lowest BCUT2D eigenvalue weighted by molar-refractivity contribution is -0.0820. The number of hydrogen-bond acceptors (Lipinski definition) is 10. The summed E-state index contributed by atoms with van der Waals surface area (Å²) in [4.78, 5) is 12.2. The highest BCUT2D eigenvalue weighted by Gasteiger charge is 2.37. The van der Waals surface area contributed by atoms with Crippen molar-refractivity contribution in [2.45, 2.75) is 75.1 Å². The molecule has 0 spiro atoms. The van der Waals surface area contributed by atoms with E-state index in [9.17, 15) is 23.4 Å². The number of aliphatic hydroxyl groups excluding tert-OH is 2. The van der Waals surface area contributed by atoms with Crippen molar-refractivity contribution in [2.24, 2.45) is 0 Å². The number of hydrogen-bond donors (Lipinski definition) is 3. The minimum atomic E-state index is -3.94. The Bertz CT molecular complexity index is 1050. The summed E-state index contributed by atoms with van der Waals surface area (Å²) in [5, 5.41) is 32.7. The number of nitrogens with one attached hydrogen (secondary N) is 1. The van der Waals surface area contributed by atoms with E-state index in [-0.39, 0.29) is 17.3 Å². The van der Waals surface area contributed by atoms with Gasteiger partial charge in [-0.05, 0) is 56.2 Å². The monoisotopic (exact) mass is 497 g/mol. The van der Waals surface area contributed by atoms with Crippen molar-refractivity contribution in [3.05, 3.63) is 30.3 Å². The standard InChI is InChI=1S/C21H31N5O7S/c1-21(2,3)33-20(29)22-17-10-9-16(32-18(17)11-15(28)12-27)13-34(30,31)19-23-24-25-26(19)14-7-5-4-6-8-14/h4-8,15-18,27-28H,9-13H2,1-3H3,(H,22,29)/t15?,16-,17+,18+/m0/s1. The summed E-state index contributed by atoms with van der Waals surface area (Å²) in [6.07, 6.45) is -2.45. The van der Waals surface area contributed by atoms with Gasteiger partial charge in [-0.25, -0.2) is 13.2 Å². The predicted molar refractivity (Wildman–Crippen MR) is 120 cm³/mol. The third-order valence-corrected chi connectivity index (χ3v) is 6.78. The summed E-state index contributed by atoms with van der Waals surface area (Å²) in [5.74, 6) is -0.384. The van der Waals surface area contributed by atoms with Crippen LogP contribution in [0.25, 0.3) is 5.69 Å². The number of tetrazole rings is 1. The van der Waals surface area contributed by atoms with Gasteiger partial charge in [0.25, 0.3) is 5.16 Å². The molecular formula is C21H31N5O7S. The van der Waals surface area contributed by atoms with Gasteiger partial charge >= 0.3 is 6.09 Å². The van der Waals surface area contributed by atoms with Crippen LogP contribution in [0, 0.1) is 0 Å². The Hall–Kier alpha value is -2.61. The van der Waals surface area contributed by atoms with E-state index in [1.807, 2.05) is 0 Å². The van der Waals surface area contributed by atoms with Crippen LogP contribution in [-0.2, 0) is 19.3 Å². The van der Waals surface area contributed by atoms with E-state index < -0.39 is 52.5 Å². The zero-order valence-corrected chi connectivity index (χ0v) is 20.2. The number of sulfone groups is 1. The van der Waals surface area contributed by atoms with Crippen LogP contribution >= 0.6 is 0 Å². The van der Waals surface area contributed by atoms with Crippen molar-refractivity contribution in [1.82, 2.24) is 25.5 Å². The highest BCUT2D eigenvalue weighted by molar-refractivity contribution is 7.91. The zero-order chi connectivity index (χ0) is 24.9. The molecule has 1 unspecified atom stereocenters. The number of alkyl carbamates (subject to hydrolysis) is 1. The molecule has 188 valence electrons. The average molecular weight is 498 g/mol. The average Bonchev–Trinajstić information content (AvgIpc) is 3.26. The molecule has 3 N–H and O–H groups in total. The molecule has 2 heterocycles. The van der Waals surface area contributed by atoms with Crippen molar-refractivity contribution >= 4 is 15.9 Å². The molecule has 34 heavy (non-hydrogen) atoms. The summed E-state index contributed by atoms with van der Waals surface area (Å²) in [7, 11) is -3.94. The first-order chi connectivity index (χ1) is 16.0. The Balaban J connectivity index is 1.73. The van der Waals surface area contributed by atoms with Crippen LogP contribution in [0.3, 0.4) is 0 Å². The Morgan fingerprint density at radius 1 is 1.29 bits per heavy atom. The van der Waals surface area contributed by atoms with E-state index in [4.69, 9.17) is 9.47 Å². The van der Waals surface area contributed by atoms with Crippen LogP contribution in [0.15, 0.2) is 35.5 Å². The maximum absolute atomic E-state index is 13.1. The molecule has 4 atom stereocenters. The van der Waals surface area contributed by atoms with Gasteiger partial charge in [0.15, 0.2) is 0 Å². The number of carbonyl (C=O) groups is 1. The van der Waals surface area contributed by atoms with Gasteiger partial charge in [0.2, 0.25) is 9.84 Å². The number of benzene rings is 1. The summed E-state index contributed by atoms with van der Waals surface area (Å²) < 4.78 is 38.7. The van der Waals surface area contributed by atoms with Crippen molar-refractivity contribution in [3.63, 3.8) is 0 Å². The summed E-state index contributed by atoms with van der Waals surface area (Å²) in [6, 6.07) is 8.13. The Kier molecular flexibility index (Phi) is 8.23. The lowest BCUT2D eigenvalue weighted by Crippen LogP contribution is -2.52. The molecule has 1 aliphatic rings. The van der Waals surface area contributed by atoms with Gasteiger partial charge in [0.05, 0.1) is 42.4 Å². The molecule has 0 radical (unpaired) electrons. The first-order valence-corrected chi connectivity index (χ1v) is 12.6. The quantitative estimate of drug-likeness (QED) is 0.470. The van der Waals surface area contributed by atoms with Gasteiger partial charge < -0.3 is 25.0 Å². The molecule has 0 saturated carbocycles. The van der Waals surface area contributed by atoms with Crippen molar-refractivity contribution in [3.8, 4) is 5.69 Å². The zero-order valence-electron chi connectivity index (χ0n) is 19.4. The smallest absolute Gasteiger partial charge is 0.407 e. The number of para-hydroxylation sites is 1. The molecule has 1 amide bonds. The first kappa shape index (κ1) is 26.0. The Morgan fingerprint density at radius 3 is 2.65 bits per heavy atom. The van der Waals surface area contributed by atoms with Gasteiger partial charge in [-0.15, -0.1) is 0 Å².